The highest BCUT2D eigenvalue weighted by Gasteiger charge is 2.35. The van der Waals surface area contributed by atoms with Gasteiger partial charge in [-0.05, 0) is 23.4 Å². The molecule has 1 fully saturated rings. The van der Waals surface area contributed by atoms with Crippen LogP contribution in [0.5, 0.6) is 5.75 Å². The Labute approximate surface area is 252 Å². The molecule has 1 unspecified atom stereocenters. The van der Waals surface area contributed by atoms with Crippen molar-refractivity contribution in [3.8, 4) is 11.8 Å². The minimum Gasteiger partial charge on any atom is -0.508 e. The Balaban J connectivity index is 1.26. The van der Waals surface area contributed by atoms with E-state index in [4.69, 9.17) is 14.7 Å². The summed E-state index contributed by atoms with van der Waals surface area (Å²) >= 11 is 0. The molecule has 43 heavy (non-hydrogen) atoms. The molecule has 1 amide bonds. The topological polar surface area (TPSA) is 123 Å². The molecule has 3 aromatic carbocycles. The Morgan fingerprint density at radius 1 is 1.07 bits per heavy atom. The van der Waals surface area contributed by atoms with Crippen LogP contribution < -0.4 is 9.80 Å². The van der Waals surface area contributed by atoms with Gasteiger partial charge in [-0.25, -0.2) is 14.8 Å². The summed E-state index contributed by atoms with van der Waals surface area (Å²) in [5.74, 6) is 0.901. The molecular weight excluding hydrogens is 564 g/mol. The maximum Gasteiger partial charge on any atom is 0.410 e. The Kier molecular flexibility index (Phi) is 8.11. The Bertz CT molecular complexity index is 1730. The molecule has 220 valence electrons. The van der Waals surface area contributed by atoms with Crippen molar-refractivity contribution in [1.29, 1.82) is 5.26 Å². The number of hydrogen-bond acceptors (Lipinski definition) is 9. The number of phenolic OH excluding ortho intramolecular Hbond substituents is 1. The number of phenols is 1. The molecule has 0 spiro atoms. The maximum atomic E-state index is 13.1. The number of amides is 1. The van der Waals surface area contributed by atoms with Crippen LogP contribution in [0.25, 0.3) is 10.8 Å². The number of ether oxygens (including phenoxy) is 1. The second-order valence-electron chi connectivity index (χ2n) is 10.8. The third-order valence-electron chi connectivity index (χ3n) is 7.99. The fraction of sp³-hybridized carbons (Fsp3) is 0.312. The average molecular weight is 597 g/mol. The summed E-state index contributed by atoms with van der Waals surface area (Å²) in [7, 11) is -1.42. The molecule has 3 heterocycles. The molecule has 2 aliphatic heterocycles. The van der Waals surface area contributed by atoms with E-state index in [2.05, 4.69) is 15.9 Å². The molecule has 2 aliphatic rings. The Hall–Kier alpha value is -4.69. The van der Waals surface area contributed by atoms with Gasteiger partial charge in [-0.3, -0.25) is 4.21 Å². The van der Waals surface area contributed by atoms with E-state index < -0.39 is 16.9 Å². The van der Waals surface area contributed by atoms with Gasteiger partial charge in [-0.2, -0.15) is 5.26 Å². The fourth-order valence-corrected chi connectivity index (χ4v) is 6.34. The number of piperazine rings is 1. The van der Waals surface area contributed by atoms with Gasteiger partial charge in [-0.1, -0.05) is 54.6 Å². The summed E-state index contributed by atoms with van der Waals surface area (Å²) < 4.78 is 18.2. The van der Waals surface area contributed by atoms with Gasteiger partial charge >= 0.3 is 6.09 Å². The van der Waals surface area contributed by atoms with E-state index >= 15 is 0 Å². The molecule has 0 radical (unpaired) electrons. The SMILES string of the molecule is CS(=O)c1nc2c(c(N3CCN(C(=O)OCc4ccccc4)[C@@H](CC#N)C3)n1)CCN(c1cc(O)cc3ccccc13)C2. The van der Waals surface area contributed by atoms with E-state index in [-0.39, 0.29) is 30.0 Å². The third-order valence-corrected chi connectivity index (χ3v) is 8.69. The van der Waals surface area contributed by atoms with Crippen molar-refractivity contribution < 1.29 is 18.8 Å². The largest absolute Gasteiger partial charge is 0.508 e. The molecule has 11 heteroatoms. The molecule has 0 saturated carbocycles. The highest BCUT2D eigenvalue weighted by molar-refractivity contribution is 7.84. The van der Waals surface area contributed by atoms with Gasteiger partial charge in [0.05, 0.1) is 41.6 Å². The van der Waals surface area contributed by atoms with E-state index in [9.17, 15) is 19.4 Å². The number of rotatable bonds is 6. The molecular formula is C32H32N6O4S. The summed E-state index contributed by atoms with van der Waals surface area (Å²) in [5, 5.41) is 22.2. The minimum atomic E-state index is -1.42. The van der Waals surface area contributed by atoms with Crippen molar-refractivity contribution in [2.45, 2.75) is 37.2 Å². The number of carbonyl (C=O) groups excluding carboxylic acids is 1. The van der Waals surface area contributed by atoms with Gasteiger partial charge in [-0.15, -0.1) is 0 Å². The lowest BCUT2D eigenvalue weighted by molar-refractivity contribution is 0.0767. The summed E-state index contributed by atoms with van der Waals surface area (Å²) in [6.45, 7) is 2.56. The average Bonchev–Trinajstić information content (AvgIpc) is 3.03. The number of aromatic hydroxyl groups is 1. The summed E-state index contributed by atoms with van der Waals surface area (Å²) in [5.41, 5.74) is 3.57. The number of fused-ring (bicyclic) bond motifs is 2. The van der Waals surface area contributed by atoms with Crippen LogP contribution in [-0.2, 0) is 35.1 Å². The number of hydrogen-bond donors (Lipinski definition) is 1. The molecule has 6 rings (SSSR count). The molecule has 1 saturated heterocycles. The zero-order chi connectivity index (χ0) is 29.9. The Morgan fingerprint density at radius 3 is 2.65 bits per heavy atom. The van der Waals surface area contributed by atoms with E-state index in [0.29, 0.717) is 45.0 Å². The number of anilines is 2. The van der Waals surface area contributed by atoms with Gasteiger partial charge in [0.2, 0.25) is 5.16 Å². The zero-order valence-electron chi connectivity index (χ0n) is 23.8. The van der Waals surface area contributed by atoms with Crippen molar-refractivity contribution in [3.05, 3.63) is 83.6 Å². The standard InChI is InChI=1S/C32H32N6O4S/c1-43(41)31-34-28-20-36(29-18-25(39)17-23-9-5-6-10-26(23)29)14-12-27(28)30(35-31)37-15-16-38(24(19-37)11-13-33)32(40)42-21-22-7-3-2-4-8-22/h2-10,17-18,24,39H,11-12,14-16,19-21H2,1H3/t24-,43?/m0/s1. The van der Waals surface area contributed by atoms with Crippen LogP contribution in [0.4, 0.5) is 16.3 Å². The molecule has 2 atom stereocenters. The predicted octanol–water partition coefficient (Wildman–Crippen LogP) is 4.38. The number of nitrogens with zero attached hydrogens (tertiary/aromatic N) is 6. The maximum absolute atomic E-state index is 13.1. The number of aromatic nitrogens is 2. The smallest absolute Gasteiger partial charge is 0.410 e. The summed E-state index contributed by atoms with van der Waals surface area (Å²) in [6, 6.07) is 22.8. The first-order chi connectivity index (χ1) is 20.9. The molecule has 10 nitrogen and oxygen atoms in total. The second kappa shape index (κ2) is 12.3. The van der Waals surface area contributed by atoms with Crippen LogP contribution in [0, 0.1) is 11.3 Å². The van der Waals surface area contributed by atoms with E-state index in [0.717, 1.165) is 33.3 Å². The van der Waals surface area contributed by atoms with E-state index in [1.54, 1.807) is 23.3 Å². The first-order valence-corrected chi connectivity index (χ1v) is 15.8. The quantitative estimate of drug-likeness (QED) is 0.323. The van der Waals surface area contributed by atoms with E-state index in [1.165, 1.54) is 0 Å². The molecule has 4 aromatic rings. The van der Waals surface area contributed by atoms with Gasteiger partial charge < -0.3 is 24.5 Å². The van der Waals surface area contributed by atoms with Crippen molar-refractivity contribution in [2.75, 3.05) is 42.2 Å². The first kappa shape index (κ1) is 28.4. The Morgan fingerprint density at radius 2 is 1.86 bits per heavy atom. The predicted molar refractivity (Wildman–Crippen MR) is 164 cm³/mol. The summed E-state index contributed by atoms with van der Waals surface area (Å²) in [6.07, 6.45) is 1.91. The van der Waals surface area contributed by atoms with Gasteiger partial charge in [0.1, 0.15) is 18.2 Å². The number of nitriles is 1. The monoisotopic (exact) mass is 596 g/mol. The van der Waals surface area contributed by atoms with Crippen LogP contribution >= 0.6 is 0 Å². The van der Waals surface area contributed by atoms with Crippen molar-refractivity contribution in [3.63, 3.8) is 0 Å². The zero-order valence-corrected chi connectivity index (χ0v) is 24.7. The minimum absolute atomic E-state index is 0.148. The third kappa shape index (κ3) is 5.96. The van der Waals surface area contributed by atoms with Crippen molar-refractivity contribution >= 4 is 39.2 Å². The normalized spacial score (nSPS) is 17.3. The number of carbonyl (C=O) groups is 1. The second-order valence-corrected chi connectivity index (χ2v) is 12.0. The van der Waals surface area contributed by atoms with Crippen molar-refractivity contribution in [1.82, 2.24) is 14.9 Å². The van der Waals surface area contributed by atoms with Crippen LogP contribution in [-0.4, -0.2) is 68.8 Å². The summed E-state index contributed by atoms with van der Waals surface area (Å²) in [4.78, 5) is 28.4. The lowest BCUT2D eigenvalue weighted by Crippen LogP contribution is -2.56. The lowest BCUT2D eigenvalue weighted by atomic mass is 10.0. The van der Waals surface area contributed by atoms with Crippen LogP contribution in [0.1, 0.15) is 23.2 Å². The van der Waals surface area contributed by atoms with Crippen LogP contribution in [0.3, 0.4) is 0 Å². The van der Waals surface area contributed by atoms with Gasteiger partial charge in [0.15, 0.2) is 0 Å². The molecule has 0 aliphatic carbocycles. The molecule has 0 bridgehead atoms. The highest BCUT2D eigenvalue weighted by Crippen LogP contribution is 2.36. The van der Waals surface area contributed by atoms with Gasteiger partial charge in [0, 0.05) is 55.1 Å². The highest BCUT2D eigenvalue weighted by atomic mass is 32.2. The lowest BCUT2D eigenvalue weighted by Gasteiger charge is -2.42. The number of benzene rings is 3. The molecule has 1 N–H and O–H groups in total. The van der Waals surface area contributed by atoms with Crippen LogP contribution in [0.15, 0.2) is 71.9 Å². The molecule has 1 aromatic heterocycles. The van der Waals surface area contributed by atoms with Crippen molar-refractivity contribution in [2.24, 2.45) is 0 Å². The van der Waals surface area contributed by atoms with Gasteiger partial charge in [0.25, 0.3) is 0 Å². The fourth-order valence-electron chi connectivity index (χ4n) is 5.89. The van der Waals surface area contributed by atoms with E-state index in [1.807, 2.05) is 54.6 Å². The van der Waals surface area contributed by atoms with Crippen LogP contribution in [0.2, 0.25) is 0 Å². The first-order valence-electron chi connectivity index (χ1n) is 14.2.